The van der Waals surface area contributed by atoms with Gasteiger partial charge in [-0.3, -0.25) is 9.78 Å². The summed E-state index contributed by atoms with van der Waals surface area (Å²) >= 11 is 0. The topological polar surface area (TPSA) is 83.0 Å². The van der Waals surface area contributed by atoms with Crippen LogP contribution in [0.4, 0.5) is 20.2 Å². The van der Waals surface area contributed by atoms with Crippen molar-refractivity contribution in [2.45, 2.75) is 12.8 Å². The molecule has 3 aromatic heterocycles. The minimum Gasteiger partial charge on any atom is -0.355 e. The Morgan fingerprint density at radius 1 is 1.00 bits per heavy atom. The molecule has 5 rings (SSSR count). The molecule has 4 heterocycles. The van der Waals surface area contributed by atoms with Gasteiger partial charge in [0.2, 0.25) is 0 Å². The molecule has 1 aliphatic heterocycles. The lowest BCUT2D eigenvalue weighted by Gasteiger charge is -2.15. The average molecular weight is 475 g/mol. The number of benzene rings is 1. The molecule has 2 N–H and O–H groups in total. The average Bonchev–Trinajstić information content (AvgIpc) is 3.39. The third kappa shape index (κ3) is 5.25. The predicted molar refractivity (Wildman–Crippen MR) is 130 cm³/mol. The van der Waals surface area contributed by atoms with Gasteiger partial charge in [0.05, 0.1) is 11.4 Å². The molecule has 178 valence electrons. The lowest BCUT2D eigenvalue weighted by molar-refractivity contribution is 0.0945. The number of likely N-dealkylation sites (tertiary alicyclic amines) is 1. The van der Waals surface area contributed by atoms with Crippen LogP contribution in [0.1, 0.15) is 23.3 Å². The number of carbonyl (C=O) groups excluding carboxylic acids is 1. The summed E-state index contributed by atoms with van der Waals surface area (Å²) in [4.78, 5) is 27.9. The maximum atomic E-state index is 14.5. The number of anilines is 2. The molecule has 1 saturated heterocycles. The van der Waals surface area contributed by atoms with Gasteiger partial charge in [0, 0.05) is 42.1 Å². The smallest absolute Gasteiger partial charge is 0.269 e. The molecule has 7 nitrogen and oxygen atoms in total. The van der Waals surface area contributed by atoms with Crippen molar-refractivity contribution in [1.29, 1.82) is 0 Å². The highest BCUT2D eigenvalue weighted by molar-refractivity contribution is 5.95. The zero-order chi connectivity index (χ0) is 24.2. The van der Waals surface area contributed by atoms with Gasteiger partial charge in [-0.25, -0.2) is 18.7 Å². The molecule has 1 amide bonds. The zero-order valence-corrected chi connectivity index (χ0v) is 19.0. The van der Waals surface area contributed by atoms with Gasteiger partial charge < -0.3 is 15.5 Å². The standard InChI is InChI=1S/C26H24F2N6O/c27-17-5-6-21(28)20(14-17)23-16-22(19-4-3-8-30-25(19)33-23)32-18-7-9-29-24(15-18)26(35)31-10-13-34-11-1-2-12-34/h3-9,14-16H,1-2,10-13H2,(H,31,35)(H,29,30,32,33). The van der Waals surface area contributed by atoms with Crippen molar-refractivity contribution in [2.75, 3.05) is 31.5 Å². The lowest BCUT2D eigenvalue weighted by atomic mass is 10.1. The predicted octanol–water partition coefficient (Wildman–Crippen LogP) is 4.54. The van der Waals surface area contributed by atoms with Gasteiger partial charge in [0.25, 0.3) is 5.91 Å². The number of fused-ring (bicyclic) bond motifs is 1. The van der Waals surface area contributed by atoms with Gasteiger partial charge in [0.1, 0.15) is 17.3 Å². The van der Waals surface area contributed by atoms with Crippen LogP contribution in [-0.4, -0.2) is 51.9 Å². The van der Waals surface area contributed by atoms with Crippen molar-refractivity contribution in [3.63, 3.8) is 0 Å². The summed E-state index contributed by atoms with van der Waals surface area (Å²) in [6.07, 6.45) is 5.54. The normalized spacial score (nSPS) is 13.8. The van der Waals surface area contributed by atoms with Crippen LogP contribution in [-0.2, 0) is 0 Å². The Balaban J connectivity index is 1.40. The minimum absolute atomic E-state index is 0.0356. The Kier molecular flexibility index (Phi) is 6.58. The minimum atomic E-state index is -0.586. The van der Waals surface area contributed by atoms with E-state index in [2.05, 4.69) is 30.5 Å². The number of nitrogens with zero attached hydrogens (tertiary/aromatic N) is 4. The molecule has 0 atom stereocenters. The lowest BCUT2D eigenvalue weighted by Crippen LogP contribution is -2.33. The van der Waals surface area contributed by atoms with Crippen molar-refractivity contribution in [2.24, 2.45) is 0 Å². The highest BCUT2D eigenvalue weighted by atomic mass is 19.1. The summed E-state index contributed by atoms with van der Waals surface area (Å²) in [5.74, 6) is -1.40. The van der Waals surface area contributed by atoms with E-state index in [0.717, 1.165) is 37.8 Å². The van der Waals surface area contributed by atoms with Gasteiger partial charge in [-0.05, 0) is 74.5 Å². The maximum Gasteiger partial charge on any atom is 0.269 e. The molecular formula is C26H24F2N6O. The molecule has 4 aromatic rings. The first-order valence-electron chi connectivity index (χ1n) is 11.5. The fraction of sp³-hybridized carbons (Fsp3) is 0.231. The number of amides is 1. The summed E-state index contributed by atoms with van der Waals surface area (Å²) in [5.41, 5.74) is 2.15. The van der Waals surface area contributed by atoms with E-state index >= 15 is 0 Å². The fourth-order valence-electron chi connectivity index (χ4n) is 4.20. The maximum absolute atomic E-state index is 14.5. The van der Waals surface area contributed by atoms with E-state index in [1.165, 1.54) is 12.8 Å². The molecule has 0 unspecified atom stereocenters. The van der Waals surface area contributed by atoms with E-state index < -0.39 is 11.6 Å². The van der Waals surface area contributed by atoms with E-state index in [9.17, 15) is 13.6 Å². The number of halogens is 2. The van der Waals surface area contributed by atoms with Crippen molar-refractivity contribution in [3.8, 4) is 11.3 Å². The van der Waals surface area contributed by atoms with Crippen LogP contribution in [0.15, 0.2) is 60.9 Å². The zero-order valence-electron chi connectivity index (χ0n) is 19.0. The highest BCUT2D eigenvalue weighted by Gasteiger charge is 2.15. The number of hydrogen-bond acceptors (Lipinski definition) is 6. The molecule has 0 radical (unpaired) electrons. The highest BCUT2D eigenvalue weighted by Crippen LogP contribution is 2.31. The van der Waals surface area contributed by atoms with Crippen LogP contribution in [0.2, 0.25) is 0 Å². The summed E-state index contributed by atoms with van der Waals surface area (Å²) in [7, 11) is 0. The largest absolute Gasteiger partial charge is 0.355 e. The quantitative estimate of drug-likeness (QED) is 0.409. The van der Waals surface area contributed by atoms with Crippen LogP contribution < -0.4 is 10.6 Å². The second-order valence-electron chi connectivity index (χ2n) is 8.41. The van der Waals surface area contributed by atoms with Gasteiger partial charge in [-0.15, -0.1) is 0 Å². The Morgan fingerprint density at radius 3 is 2.71 bits per heavy atom. The van der Waals surface area contributed by atoms with Crippen LogP contribution in [0.5, 0.6) is 0 Å². The third-order valence-corrected chi connectivity index (χ3v) is 5.97. The number of aromatic nitrogens is 3. The Hall–Kier alpha value is -3.98. The molecule has 9 heteroatoms. The van der Waals surface area contributed by atoms with Crippen molar-refractivity contribution >= 4 is 28.3 Å². The monoisotopic (exact) mass is 474 g/mol. The van der Waals surface area contributed by atoms with E-state index in [4.69, 9.17) is 0 Å². The first kappa shape index (κ1) is 22.8. The molecule has 1 aliphatic rings. The van der Waals surface area contributed by atoms with E-state index in [-0.39, 0.29) is 22.9 Å². The summed E-state index contributed by atoms with van der Waals surface area (Å²) in [5, 5.41) is 6.88. The van der Waals surface area contributed by atoms with Crippen molar-refractivity contribution < 1.29 is 13.6 Å². The van der Waals surface area contributed by atoms with E-state index in [1.807, 2.05) is 6.07 Å². The summed E-state index contributed by atoms with van der Waals surface area (Å²) in [6.45, 7) is 3.52. The Bertz CT molecular complexity index is 1370. The number of hydrogen-bond donors (Lipinski definition) is 2. The van der Waals surface area contributed by atoms with Crippen molar-refractivity contribution in [1.82, 2.24) is 25.2 Å². The molecular weight excluding hydrogens is 450 g/mol. The first-order chi connectivity index (χ1) is 17.1. The Labute approximate surface area is 201 Å². The Morgan fingerprint density at radius 2 is 1.86 bits per heavy atom. The summed E-state index contributed by atoms with van der Waals surface area (Å²) < 4.78 is 28.3. The van der Waals surface area contributed by atoms with Crippen LogP contribution >= 0.6 is 0 Å². The third-order valence-electron chi connectivity index (χ3n) is 5.97. The second kappa shape index (κ2) is 10.1. The molecule has 1 aromatic carbocycles. The first-order valence-corrected chi connectivity index (χ1v) is 11.5. The number of pyridine rings is 3. The van der Waals surface area contributed by atoms with Crippen LogP contribution in [0.25, 0.3) is 22.3 Å². The van der Waals surface area contributed by atoms with Crippen molar-refractivity contribution in [3.05, 3.63) is 78.3 Å². The summed E-state index contributed by atoms with van der Waals surface area (Å²) in [6, 6.07) is 11.8. The molecule has 0 bridgehead atoms. The second-order valence-corrected chi connectivity index (χ2v) is 8.41. The number of rotatable bonds is 7. The molecule has 0 spiro atoms. The number of nitrogens with one attached hydrogen (secondary N) is 2. The molecule has 1 fully saturated rings. The van der Waals surface area contributed by atoms with Gasteiger partial charge >= 0.3 is 0 Å². The van der Waals surface area contributed by atoms with E-state index in [1.54, 1.807) is 36.7 Å². The molecule has 0 aliphatic carbocycles. The van der Waals surface area contributed by atoms with Crippen LogP contribution in [0.3, 0.4) is 0 Å². The van der Waals surface area contributed by atoms with Gasteiger partial charge in [-0.1, -0.05) is 0 Å². The fourth-order valence-corrected chi connectivity index (χ4v) is 4.20. The molecule has 35 heavy (non-hydrogen) atoms. The van der Waals surface area contributed by atoms with Gasteiger partial charge in [0.15, 0.2) is 5.65 Å². The molecule has 0 saturated carbocycles. The SMILES string of the molecule is O=C(NCCN1CCCC1)c1cc(Nc2cc(-c3cc(F)ccc3F)nc3ncccc23)ccn1. The number of carbonyl (C=O) groups is 1. The van der Waals surface area contributed by atoms with E-state index in [0.29, 0.717) is 29.0 Å². The van der Waals surface area contributed by atoms with Gasteiger partial charge in [-0.2, -0.15) is 0 Å². The van der Waals surface area contributed by atoms with Crippen LogP contribution in [0, 0.1) is 11.6 Å².